The summed E-state index contributed by atoms with van der Waals surface area (Å²) >= 11 is 1.49. The van der Waals surface area contributed by atoms with Crippen molar-refractivity contribution in [1.29, 1.82) is 0 Å². The molecule has 2 aliphatic rings. The Bertz CT molecular complexity index is 808. The number of amides is 3. The number of thioether (sulfide) groups is 1. The van der Waals surface area contributed by atoms with Crippen LogP contribution >= 0.6 is 11.8 Å². The van der Waals surface area contributed by atoms with Gasteiger partial charge >= 0.3 is 6.09 Å². The smallest absolute Gasteiger partial charge is 0.413 e. The van der Waals surface area contributed by atoms with Crippen molar-refractivity contribution in [2.75, 3.05) is 17.7 Å². The summed E-state index contributed by atoms with van der Waals surface area (Å²) in [7, 11) is 0. The van der Waals surface area contributed by atoms with Crippen molar-refractivity contribution in [2.45, 2.75) is 45.7 Å². The minimum atomic E-state index is -0.766. The monoisotopic (exact) mass is 421 g/mol. The van der Waals surface area contributed by atoms with Crippen LogP contribution in [0.3, 0.4) is 0 Å². The number of carbonyl (C=O) groups excluding carboxylic acids is 3. The van der Waals surface area contributed by atoms with Crippen LogP contribution in [0, 0.1) is 11.3 Å². The minimum absolute atomic E-state index is 0.0958. The summed E-state index contributed by atoms with van der Waals surface area (Å²) in [5.74, 6) is 0.231. The Morgan fingerprint density at radius 2 is 2.07 bits per heavy atom. The van der Waals surface area contributed by atoms with E-state index in [-0.39, 0.29) is 24.2 Å². The zero-order chi connectivity index (χ0) is 21.2. The van der Waals surface area contributed by atoms with Gasteiger partial charge in [-0.05, 0) is 37.3 Å². The summed E-state index contributed by atoms with van der Waals surface area (Å²) in [6.45, 7) is 8.07. The molecule has 1 saturated heterocycles. The maximum absolute atomic E-state index is 12.8. The Labute approximate surface area is 174 Å². The third-order valence-corrected chi connectivity index (χ3v) is 6.04. The summed E-state index contributed by atoms with van der Waals surface area (Å²) in [6.07, 6.45) is -0.358. The fourth-order valence-corrected chi connectivity index (χ4v) is 4.48. The van der Waals surface area contributed by atoms with Crippen molar-refractivity contribution in [3.8, 4) is 5.75 Å². The van der Waals surface area contributed by atoms with Gasteiger partial charge in [0.2, 0.25) is 5.91 Å². The van der Waals surface area contributed by atoms with Gasteiger partial charge in [0.05, 0.1) is 23.6 Å². The van der Waals surface area contributed by atoms with Gasteiger partial charge in [-0.15, -0.1) is 11.8 Å². The molecule has 0 spiro atoms. The number of fused-ring (bicyclic) bond motifs is 1. The number of hydrogen-bond acceptors (Lipinski definition) is 7. The maximum atomic E-state index is 12.8. The molecular weight excluding hydrogens is 394 g/mol. The topological polar surface area (TPSA) is 106 Å². The van der Waals surface area contributed by atoms with Crippen LogP contribution < -0.4 is 20.7 Å². The molecule has 29 heavy (non-hydrogen) atoms. The van der Waals surface area contributed by atoms with Crippen molar-refractivity contribution in [3.05, 3.63) is 23.8 Å². The number of hydrogen-bond donors (Lipinski definition) is 3. The second-order valence-corrected chi connectivity index (χ2v) is 9.34. The Kier molecular flexibility index (Phi) is 6.26. The van der Waals surface area contributed by atoms with E-state index >= 15 is 0 Å². The first-order valence-electron chi connectivity index (χ1n) is 9.66. The van der Waals surface area contributed by atoms with E-state index < -0.39 is 23.3 Å². The van der Waals surface area contributed by atoms with Crippen LogP contribution in [0.5, 0.6) is 5.75 Å². The van der Waals surface area contributed by atoms with Gasteiger partial charge in [-0.3, -0.25) is 14.9 Å². The van der Waals surface area contributed by atoms with E-state index in [2.05, 4.69) is 36.7 Å². The Hall–Kier alpha value is -2.42. The molecule has 0 aromatic heterocycles. The van der Waals surface area contributed by atoms with Gasteiger partial charge in [-0.25, -0.2) is 4.79 Å². The Morgan fingerprint density at radius 1 is 1.31 bits per heavy atom. The van der Waals surface area contributed by atoms with Crippen molar-refractivity contribution in [2.24, 2.45) is 11.3 Å². The van der Waals surface area contributed by atoms with Crippen molar-refractivity contribution in [3.63, 3.8) is 0 Å². The van der Waals surface area contributed by atoms with Crippen molar-refractivity contribution < 1.29 is 23.9 Å². The molecule has 1 aromatic rings. The van der Waals surface area contributed by atoms with Crippen LogP contribution in [0.1, 0.15) is 44.5 Å². The van der Waals surface area contributed by atoms with Crippen LogP contribution in [0.4, 0.5) is 10.5 Å². The molecule has 1 fully saturated rings. The highest BCUT2D eigenvalue weighted by Gasteiger charge is 2.36. The first kappa shape index (κ1) is 21.3. The van der Waals surface area contributed by atoms with Crippen LogP contribution in [0.15, 0.2) is 18.2 Å². The number of benzene rings is 1. The minimum Gasteiger partial charge on any atom is -0.468 e. The molecule has 2 heterocycles. The van der Waals surface area contributed by atoms with Crippen molar-refractivity contribution >= 4 is 35.4 Å². The number of rotatable bonds is 4. The maximum Gasteiger partial charge on any atom is 0.413 e. The fourth-order valence-electron chi connectivity index (χ4n) is 3.15. The third-order valence-electron chi connectivity index (χ3n) is 4.76. The molecule has 158 valence electrons. The lowest BCUT2D eigenvalue weighted by molar-refractivity contribution is -0.124. The van der Waals surface area contributed by atoms with E-state index in [0.29, 0.717) is 17.7 Å². The predicted octanol–water partition coefficient (Wildman–Crippen LogP) is 2.94. The van der Waals surface area contributed by atoms with E-state index in [9.17, 15) is 14.4 Å². The summed E-state index contributed by atoms with van der Waals surface area (Å²) in [5, 5.41) is 8.03. The molecule has 0 radical (unpaired) electrons. The summed E-state index contributed by atoms with van der Waals surface area (Å²) in [4.78, 5) is 36.6. The Morgan fingerprint density at radius 3 is 2.76 bits per heavy atom. The highest BCUT2D eigenvalue weighted by molar-refractivity contribution is 8.00. The van der Waals surface area contributed by atoms with Crippen LogP contribution in [0.25, 0.3) is 0 Å². The van der Waals surface area contributed by atoms with Gasteiger partial charge in [-0.1, -0.05) is 20.8 Å². The van der Waals surface area contributed by atoms with Gasteiger partial charge in [0.15, 0.2) is 6.23 Å². The van der Waals surface area contributed by atoms with Gasteiger partial charge in [0.25, 0.3) is 5.91 Å². The predicted molar refractivity (Wildman–Crippen MR) is 111 cm³/mol. The molecule has 2 aliphatic heterocycles. The molecule has 0 aliphatic carbocycles. The first-order valence-corrected chi connectivity index (χ1v) is 10.7. The molecule has 3 rings (SSSR count). The molecule has 9 heteroatoms. The second-order valence-electron chi connectivity index (χ2n) is 8.09. The zero-order valence-corrected chi connectivity index (χ0v) is 17.9. The lowest BCUT2D eigenvalue weighted by atomic mass is 9.94. The van der Waals surface area contributed by atoms with Gasteiger partial charge < -0.3 is 20.1 Å². The zero-order valence-electron chi connectivity index (χ0n) is 17.0. The molecule has 0 bridgehead atoms. The highest BCUT2D eigenvalue weighted by Crippen LogP contribution is 2.38. The van der Waals surface area contributed by atoms with Crippen LogP contribution in [-0.2, 0) is 9.53 Å². The average Bonchev–Trinajstić information content (AvgIpc) is 3.27. The largest absolute Gasteiger partial charge is 0.468 e. The Balaban J connectivity index is 1.63. The fraction of sp³-hybridized carbons (Fsp3) is 0.550. The number of ether oxygens (including phenoxy) is 2. The van der Waals surface area contributed by atoms with E-state index in [1.807, 2.05) is 0 Å². The van der Waals surface area contributed by atoms with Gasteiger partial charge in [0, 0.05) is 11.0 Å². The van der Waals surface area contributed by atoms with E-state index in [1.165, 1.54) is 11.8 Å². The number of carbonyl (C=O) groups is 3. The third kappa shape index (κ3) is 4.95. The molecule has 3 atom stereocenters. The van der Waals surface area contributed by atoms with E-state index in [4.69, 9.17) is 9.47 Å². The molecule has 3 unspecified atom stereocenters. The quantitative estimate of drug-likeness (QED) is 0.686. The SMILES string of the molecule is CCOC(=O)NC(=O)C1CCSC1NC(=O)c1ccc2c(c1)NC(C(C)(C)C)O2. The normalized spacial score (nSPS) is 22.8. The summed E-state index contributed by atoms with van der Waals surface area (Å²) < 4.78 is 10.7. The summed E-state index contributed by atoms with van der Waals surface area (Å²) in [6, 6.07) is 5.23. The average molecular weight is 422 g/mol. The molecular formula is C20H27N3O5S. The van der Waals surface area contributed by atoms with E-state index in [0.717, 1.165) is 11.4 Å². The van der Waals surface area contributed by atoms with Gasteiger partial charge in [-0.2, -0.15) is 0 Å². The van der Waals surface area contributed by atoms with Crippen LogP contribution in [-0.4, -0.2) is 41.9 Å². The molecule has 8 nitrogen and oxygen atoms in total. The van der Waals surface area contributed by atoms with Crippen molar-refractivity contribution in [1.82, 2.24) is 10.6 Å². The summed E-state index contributed by atoms with van der Waals surface area (Å²) in [5.41, 5.74) is 1.15. The molecule has 3 amide bonds. The van der Waals surface area contributed by atoms with E-state index in [1.54, 1.807) is 25.1 Å². The first-order chi connectivity index (χ1) is 13.7. The number of alkyl carbamates (subject to hydrolysis) is 1. The van der Waals surface area contributed by atoms with Crippen LogP contribution in [0.2, 0.25) is 0 Å². The number of anilines is 1. The lowest BCUT2D eigenvalue weighted by Gasteiger charge is -2.26. The molecule has 1 aromatic carbocycles. The second kappa shape index (κ2) is 8.52. The highest BCUT2D eigenvalue weighted by atomic mass is 32.2. The standard InChI is InChI=1S/C20H27N3O5S/c1-5-27-19(26)23-16(25)12-8-9-29-17(12)22-15(24)11-6-7-14-13(10-11)21-18(28-14)20(2,3)4/h6-7,10,12,17-18,21H,5,8-9H2,1-4H3,(H,22,24)(H,23,25,26). The molecule has 0 saturated carbocycles. The van der Waals surface area contributed by atoms with Gasteiger partial charge in [0.1, 0.15) is 5.75 Å². The lowest BCUT2D eigenvalue weighted by Crippen LogP contribution is -2.44. The molecule has 3 N–H and O–H groups in total. The number of imide groups is 1. The number of nitrogens with one attached hydrogen (secondary N) is 3.